The minimum atomic E-state index is 0.519. The van der Waals surface area contributed by atoms with Gasteiger partial charge in [-0.05, 0) is 25.9 Å². The van der Waals surface area contributed by atoms with E-state index in [0.29, 0.717) is 12.1 Å². The highest BCUT2D eigenvalue weighted by Crippen LogP contribution is 2.22. The van der Waals surface area contributed by atoms with Crippen LogP contribution in [0.1, 0.15) is 26.7 Å². The van der Waals surface area contributed by atoms with Gasteiger partial charge in [0.05, 0.1) is 12.7 Å². The van der Waals surface area contributed by atoms with Crippen molar-refractivity contribution in [2.75, 3.05) is 52.4 Å². The zero-order valence-electron chi connectivity index (χ0n) is 12.0. The monoisotopic (exact) mass is 255 g/mol. The molecule has 1 saturated heterocycles. The van der Waals surface area contributed by atoms with Gasteiger partial charge in [-0.1, -0.05) is 13.8 Å². The van der Waals surface area contributed by atoms with Crippen molar-refractivity contribution in [3.05, 3.63) is 0 Å². The topological polar surface area (TPSA) is 27.7 Å². The molecular weight excluding hydrogens is 226 g/mol. The van der Waals surface area contributed by atoms with Gasteiger partial charge in [0.15, 0.2) is 0 Å². The quantitative estimate of drug-likeness (QED) is 0.728. The van der Waals surface area contributed by atoms with Crippen LogP contribution in [0.3, 0.4) is 0 Å². The van der Waals surface area contributed by atoms with Gasteiger partial charge in [-0.25, -0.2) is 0 Å². The van der Waals surface area contributed by atoms with Gasteiger partial charge in [0.25, 0.3) is 0 Å². The SMILES string of the molecule is CCN[C@H]1C[C@H](OCCN2CCN(CC)CC2)C1. The number of hydrogen-bond acceptors (Lipinski definition) is 4. The lowest BCUT2D eigenvalue weighted by Gasteiger charge is -2.37. The third kappa shape index (κ3) is 4.19. The van der Waals surface area contributed by atoms with E-state index in [2.05, 4.69) is 29.0 Å². The summed E-state index contributed by atoms with van der Waals surface area (Å²) in [5.41, 5.74) is 0. The first kappa shape index (κ1) is 14.3. The summed E-state index contributed by atoms with van der Waals surface area (Å²) in [4.78, 5) is 5.05. The van der Waals surface area contributed by atoms with Crippen LogP contribution in [0.25, 0.3) is 0 Å². The summed E-state index contributed by atoms with van der Waals surface area (Å²) >= 11 is 0. The second-order valence-electron chi connectivity index (χ2n) is 5.49. The highest BCUT2D eigenvalue weighted by Gasteiger charge is 2.28. The summed E-state index contributed by atoms with van der Waals surface area (Å²) in [6.45, 7) is 13.6. The fourth-order valence-electron chi connectivity index (χ4n) is 2.83. The molecule has 2 fully saturated rings. The van der Waals surface area contributed by atoms with Crippen LogP contribution in [-0.2, 0) is 4.74 Å². The van der Waals surface area contributed by atoms with Crippen molar-refractivity contribution in [2.24, 2.45) is 0 Å². The lowest BCUT2D eigenvalue weighted by atomic mass is 9.89. The molecule has 18 heavy (non-hydrogen) atoms. The zero-order chi connectivity index (χ0) is 12.8. The molecule has 0 spiro atoms. The summed E-state index contributed by atoms with van der Waals surface area (Å²) in [6, 6.07) is 0.716. The van der Waals surface area contributed by atoms with E-state index in [9.17, 15) is 0 Å². The summed E-state index contributed by atoms with van der Waals surface area (Å²) in [5.74, 6) is 0. The van der Waals surface area contributed by atoms with E-state index < -0.39 is 0 Å². The molecule has 0 aromatic rings. The molecule has 4 nitrogen and oxygen atoms in total. The molecule has 0 amide bonds. The number of likely N-dealkylation sites (N-methyl/N-ethyl adjacent to an activating group) is 1. The van der Waals surface area contributed by atoms with Crippen LogP contribution >= 0.6 is 0 Å². The van der Waals surface area contributed by atoms with E-state index in [4.69, 9.17) is 4.74 Å². The molecule has 1 aliphatic heterocycles. The Morgan fingerprint density at radius 1 is 1.06 bits per heavy atom. The summed E-state index contributed by atoms with van der Waals surface area (Å²) in [6.07, 6.45) is 2.93. The number of hydrogen-bond donors (Lipinski definition) is 1. The molecule has 106 valence electrons. The largest absolute Gasteiger partial charge is 0.377 e. The molecule has 1 saturated carbocycles. The average Bonchev–Trinajstić information content (AvgIpc) is 2.36. The lowest BCUT2D eigenvalue weighted by Crippen LogP contribution is -2.48. The van der Waals surface area contributed by atoms with E-state index in [0.717, 1.165) is 19.7 Å². The lowest BCUT2D eigenvalue weighted by molar-refractivity contribution is -0.0272. The summed E-state index contributed by atoms with van der Waals surface area (Å²) in [7, 11) is 0. The fourth-order valence-corrected chi connectivity index (χ4v) is 2.83. The fraction of sp³-hybridized carbons (Fsp3) is 1.00. The Morgan fingerprint density at radius 2 is 1.72 bits per heavy atom. The molecule has 2 rings (SSSR count). The number of nitrogens with one attached hydrogen (secondary N) is 1. The first-order chi connectivity index (χ1) is 8.81. The van der Waals surface area contributed by atoms with Crippen molar-refractivity contribution in [3.63, 3.8) is 0 Å². The summed E-state index contributed by atoms with van der Waals surface area (Å²) in [5, 5.41) is 3.47. The van der Waals surface area contributed by atoms with Gasteiger partial charge in [-0.3, -0.25) is 4.90 Å². The van der Waals surface area contributed by atoms with Crippen LogP contribution in [0.5, 0.6) is 0 Å². The second kappa shape index (κ2) is 7.43. The molecule has 0 radical (unpaired) electrons. The normalized spacial score (nSPS) is 30.3. The van der Waals surface area contributed by atoms with E-state index in [1.807, 2.05) is 0 Å². The molecule has 0 unspecified atom stereocenters. The molecule has 0 atom stereocenters. The van der Waals surface area contributed by atoms with E-state index in [-0.39, 0.29) is 0 Å². The molecule has 4 heteroatoms. The maximum absolute atomic E-state index is 5.92. The Balaban J connectivity index is 1.47. The molecule has 0 aromatic heterocycles. The van der Waals surface area contributed by atoms with Crippen molar-refractivity contribution >= 4 is 0 Å². The van der Waals surface area contributed by atoms with Gasteiger partial charge < -0.3 is 15.0 Å². The van der Waals surface area contributed by atoms with Gasteiger partial charge in [-0.15, -0.1) is 0 Å². The Kier molecular flexibility index (Phi) is 5.89. The van der Waals surface area contributed by atoms with Crippen molar-refractivity contribution < 1.29 is 4.74 Å². The van der Waals surface area contributed by atoms with Gasteiger partial charge >= 0.3 is 0 Å². The third-order valence-corrected chi connectivity index (χ3v) is 4.26. The molecule has 1 heterocycles. The van der Waals surface area contributed by atoms with Crippen molar-refractivity contribution in [1.82, 2.24) is 15.1 Å². The Morgan fingerprint density at radius 3 is 2.33 bits per heavy atom. The molecular formula is C14H29N3O. The van der Waals surface area contributed by atoms with Gasteiger partial charge in [0.2, 0.25) is 0 Å². The van der Waals surface area contributed by atoms with Crippen molar-refractivity contribution in [3.8, 4) is 0 Å². The second-order valence-corrected chi connectivity index (χ2v) is 5.49. The number of piperazine rings is 1. The van der Waals surface area contributed by atoms with Crippen LogP contribution in [0.2, 0.25) is 0 Å². The number of nitrogens with zero attached hydrogens (tertiary/aromatic N) is 2. The first-order valence-corrected chi connectivity index (χ1v) is 7.61. The zero-order valence-corrected chi connectivity index (χ0v) is 12.0. The van der Waals surface area contributed by atoms with Crippen molar-refractivity contribution in [1.29, 1.82) is 0 Å². The van der Waals surface area contributed by atoms with E-state index in [1.54, 1.807) is 0 Å². The number of ether oxygens (including phenoxy) is 1. The van der Waals surface area contributed by atoms with E-state index in [1.165, 1.54) is 45.6 Å². The maximum Gasteiger partial charge on any atom is 0.0605 e. The van der Waals surface area contributed by atoms with Crippen LogP contribution in [-0.4, -0.2) is 74.4 Å². The van der Waals surface area contributed by atoms with Gasteiger partial charge in [0, 0.05) is 38.8 Å². The molecule has 0 bridgehead atoms. The van der Waals surface area contributed by atoms with E-state index >= 15 is 0 Å². The predicted octanol–water partition coefficient (Wildman–Crippen LogP) is 0.781. The standard InChI is InChI=1S/C14H29N3O/c1-3-15-13-11-14(12-13)18-10-9-17-7-5-16(4-2)6-8-17/h13-15H,3-12H2,1-2H3/t13-,14-. The van der Waals surface area contributed by atoms with Crippen LogP contribution in [0, 0.1) is 0 Å². The Labute approximate surface area is 112 Å². The summed E-state index contributed by atoms with van der Waals surface area (Å²) < 4.78 is 5.92. The molecule has 1 aliphatic carbocycles. The predicted molar refractivity (Wildman–Crippen MR) is 75.0 cm³/mol. The van der Waals surface area contributed by atoms with Gasteiger partial charge in [0.1, 0.15) is 0 Å². The minimum absolute atomic E-state index is 0.519. The van der Waals surface area contributed by atoms with Crippen LogP contribution < -0.4 is 5.32 Å². The smallest absolute Gasteiger partial charge is 0.0605 e. The molecule has 0 aromatic carbocycles. The molecule has 2 aliphatic rings. The third-order valence-electron chi connectivity index (χ3n) is 4.26. The van der Waals surface area contributed by atoms with Crippen LogP contribution in [0.4, 0.5) is 0 Å². The Hall–Kier alpha value is -0.160. The van der Waals surface area contributed by atoms with Gasteiger partial charge in [-0.2, -0.15) is 0 Å². The highest BCUT2D eigenvalue weighted by molar-refractivity contribution is 4.85. The first-order valence-electron chi connectivity index (χ1n) is 7.61. The molecule has 1 N–H and O–H groups in total. The van der Waals surface area contributed by atoms with Crippen molar-refractivity contribution in [2.45, 2.75) is 38.8 Å². The Bertz CT molecular complexity index is 223. The highest BCUT2D eigenvalue weighted by atomic mass is 16.5. The number of rotatable bonds is 7. The average molecular weight is 255 g/mol. The van der Waals surface area contributed by atoms with Crippen LogP contribution in [0.15, 0.2) is 0 Å². The maximum atomic E-state index is 5.92. The minimum Gasteiger partial charge on any atom is -0.377 e.